The molecule has 0 radical (unpaired) electrons. The van der Waals surface area contributed by atoms with Crippen LogP contribution in [-0.2, 0) is 30.5 Å². The molecule has 1 aromatic carbocycles. The van der Waals surface area contributed by atoms with E-state index in [9.17, 15) is 10.2 Å². The highest BCUT2D eigenvalue weighted by atomic mass is 28.4. The van der Waals surface area contributed by atoms with Gasteiger partial charge in [0, 0.05) is 26.4 Å². The summed E-state index contributed by atoms with van der Waals surface area (Å²) in [5.74, 6) is 0.488. The van der Waals surface area contributed by atoms with E-state index in [1.807, 2.05) is 27.7 Å². The summed E-state index contributed by atoms with van der Waals surface area (Å²) in [7, 11) is -4.32. The predicted molar refractivity (Wildman–Crippen MR) is 126 cm³/mol. The van der Waals surface area contributed by atoms with E-state index in [1.165, 1.54) is 0 Å². The molecular formula is C22H42O6Si2. The van der Waals surface area contributed by atoms with Gasteiger partial charge in [0.05, 0.1) is 0 Å². The monoisotopic (exact) mass is 458 g/mol. The molecule has 1 rings (SSSR count). The number of hydrogen-bond acceptors (Lipinski definition) is 6. The number of rotatable bonds is 16. The molecule has 0 aromatic heterocycles. The number of benzene rings is 1. The third kappa shape index (κ3) is 9.07. The van der Waals surface area contributed by atoms with Crippen molar-refractivity contribution in [2.45, 2.75) is 78.6 Å². The Balaban J connectivity index is 2.66. The van der Waals surface area contributed by atoms with Gasteiger partial charge < -0.3 is 27.9 Å². The zero-order valence-electron chi connectivity index (χ0n) is 19.8. The molecule has 0 amide bonds. The van der Waals surface area contributed by atoms with Gasteiger partial charge in [0.1, 0.15) is 11.5 Å². The molecule has 0 fully saturated rings. The van der Waals surface area contributed by atoms with Crippen LogP contribution in [-0.4, -0.2) is 53.8 Å². The average Bonchev–Trinajstić information content (AvgIpc) is 2.66. The second kappa shape index (κ2) is 13.5. The van der Waals surface area contributed by atoms with Gasteiger partial charge in [0.25, 0.3) is 0 Å². The lowest BCUT2D eigenvalue weighted by Crippen LogP contribution is -2.38. The number of aryl methyl sites for hydroxylation is 2. The van der Waals surface area contributed by atoms with Crippen molar-refractivity contribution >= 4 is 17.1 Å². The van der Waals surface area contributed by atoms with Crippen LogP contribution in [0.15, 0.2) is 12.1 Å². The van der Waals surface area contributed by atoms with E-state index in [1.54, 1.807) is 12.1 Å². The van der Waals surface area contributed by atoms with E-state index in [-0.39, 0.29) is 11.5 Å². The second-order valence-electron chi connectivity index (χ2n) is 7.82. The van der Waals surface area contributed by atoms with Crippen molar-refractivity contribution < 1.29 is 27.9 Å². The minimum Gasteiger partial charge on any atom is -0.508 e. The van der Waals surface area contributed by atoms with Crippen molar-refractivity contribution in [2.24, 2.45) is 0 Å². The first-order valence-corrected chi connectivity index (χ1v) is 16.4. The summed E-state index contributed by atoms with van der Waals surface area (Å²) in [6.45, 7) is 14.7. The van der Waals surface area contributed by atoms with Crippen LogP contribution in [0, 0.1) is 0 Å². The fourth-order valence-corrected chi connectivity index (χ4v) is 8.68. The van der Waals surface area contributed by atoms with E-state index < -0.39 is 17.1 Å². The van der Waals surface area contributed by atoms with Crippen molar-refractivity contribution in [2.75, 3.05) is 26.4 Å². The molecular weight excluding hydrogens is 416 g/mol. The topological polar surface area (TPSA) is 77.4 Å². The minimum absolute atomic E-state index is 0.244. The van der Waals surface area contributed by atoms with Crippen molar-refractivity contribution in [3.63, 3.8) is 0 Å². The van der Waals surface area contributed by atoms with Gasteiger partial charge in [0.2, 0.25) is 0 Å². The van der Waals surface area contributed by atoms with Gasteiger partial charge in [-0.1, -0.05) is 0 Å². The predicted octanol–water partition coefficient (Wildman–Crippen LogP) is 5.25. The summed E-state index contributed by atoms with van der Waals surface area (Å²) in [6, 6.07) is 5.11. The van der Waals surface area contributed by atoms with Crippen LogP contribution >= 0.6 is 0 Å². The molecule has 0 saturated carbocycles. The van der Waals surface area contributed by atoms with Crippen molar-refractivity contribution in [1.29, 1.82) is 0 Å². The van der Waals surface area contributed by atoms with Crippen LogP contribution in [0.25, 0.3) is 0 Å². The molecule has 1 aromatic rings. The summed E-state index contributed by atoms with van der Waals surface area (Å²) in [4.78, 5) is 0. The highest BCUT2D eigenvalue weighted by Crippen LogP contribution is 2.31. The zero-order chi connectivity index (χ0) is 22.6. The smallest absolute Gasteiger partial charge is 0.334 e. The number of aromatic hydroxyl groups is 2. The fraction of sp³-hybridized carbons (Fsp3) is 0.727. The van der Waals surface area contributed by atoms with Gasteiger partial charge in [-0.05, 0) is 102 Å². The second-order valence-corrected chi connectivity index (χ2v) is 14.5. The van der Waals surface area contributed by atoms with Crippen molar-refractivity contribution in [3.8, 4) is 11.5 Å². The molecule has 174 valence electrons. The molecule has 6 nitrogen and oxygen atoms in total. The normalized spacial score (nSPS) is 12.5. The molecule has 0 aliphatic carbocycles. The maximum Gasteiger partial charge on any atom is 0.334 e. The Morgan fingerprint density at radius 1 is 0.633 bits per heavy atom. The van der Waals surface area contributed by atoms with Crippen LogP contribution in [0.3, 0.4) is 0 Å². The third-order valence-corrected chi connectivity index (χ3v) is 11.4. The van der Waals surface area contributed by atoms with Gasteiger partial charge >= 0.3 is 17.1 Å². The SMILES string of the molecule is CCO[Si](C)(CCCc1cc(O)c(CCC[Si](C)(OCC)OCC)cc1O)OCC. The fourth-order valence-electron chi connectivity index (χ4n) is 3.86. The minimum atomic E-state index is -2.16. The molecule has 0 aliphatic rings. The van der Waals surface area contributed by atoms with Crippen molar-refractivity contribution in [3.05, 3.63) is 23.3 Å². The molecule has 30 heavy (non-hydrogen) atoms. The lowest BCUT2D eigenvalue weighted by atomic mass is 10.0. The Bertz CT molecular complexity index is 560. The summed E-state index contributed by atoms with van der Waals surface area (Å²) in [5.41, 5.74) is 1.53. The standard InChI is InChI=1S/C22H42O6Si2/c1-7-25-29(5,26-8-2)15-11-13-19-17-22(24)20(18-21(19)23)14-12-16-30(6,27-9-3)28-10-4/h17-18,23-24H,7-16H2,1-6H3. The molecule has 2 N–H and O–H groups in total. The van der Waals surface area contributed by atoms with Crippen LogP contribution in [0.4, 0.5) is 0 Å². The Morgan fingerprint density at radius 3 is 1.20 bits per heavy atom. The Labute approximate surface area is 185 Å². The van der Waals surface area contributed by atoms with Crippen LogP contribution in [0.5, 0.6) is 11.5 Å². The number of phenols is 2. The van der Waals surface area contributed by atoms with Gasteiger partial charge in [-0.3, -0.25) is 0 Å². The van der Waals surface area contributed by atoms with Crippen LogP contribution < -0.4 is 0 Å². The Morgan fingerprint density at radius 2 is 0.933 bits per heavy atom. The molecule has 0 aliphatic heterocycles. The largest absolute Gasteiger partial charge is 0.508 e. The molecule has 0 unspecified atom stereocenters. The average molecular weight is 459 g/mol. The molecule has 0 saturated heterocycles. The lowest BCUT2D eigenvalue weighted by molar-refractivity contribution is 0.187. The van der Waals surface area contributed by atoms with Gasteiger partial charge in [-0.2, -0.15) is 0 Å². The van der Waals surface area contributed by atoms with Crippen molar-refractivity contribution in [1.82, 2.24) is 0 Å². The first-order valence-electron chi connectivity index (χ1n) is 11.3. The summed E-state index contributed by atoms with van der Waals surface area (Å²) in [6.07, 6.45) is 3.06. The Hall–Kier alpha value is -0.906. The summed E-state index contributed by atoms with van der Waals surface area (Å²) < 4.78 is 23.5. The first kappa shape index (κ1) is 27.1. The van der Waals surface area contributed by atoms with E-state index in [0.29, 0.717) is 39.3 Å². The summed E-state index contributed by atoms with van der Waals surface area (Å²) >= 11 is 0. The van der Waals surface area contributed by atoms with E-state index in [0.717, 1.165) is 36.1 Å². The highest BCUT2D eigenvalue weighted by Gasteiger charge is 2.31. The molecule has 0 atom stereocenters. The van der Waals surface area contributed by atoms with Gasteiger partial charge in [0.15, 0.2) is 0 Å². The van der Waals surface area contributed by atoms with E-state index in [2.05, 4.69) is 13.1 Å². The molecule has 8 heteroatoms. The first-order chi connectivity index (χ1) is 14.2. The lowest BCUT2D eigenvalue weighted by Gasteiger charge is -2.26. The number of hydrogen-bond donors (Lipinski definition) is 2. The maximum absolute atomic E-state index is 10.5. The molecule has 0 bridgehead atoms. The molecule has 0 spiro atoms. The maximum atomic E-state index is 10.5. The summed E-state index contributed by atoms with van der Waals surface area (Å²) in [5, 5.41) is 21.0. The Kier molecular flexibility index (Phi) is 12.2. The molecule has 0 heterocycles. The number of phenolic OH excluding ortho intramolecular Hbond substituents is 2. The zero-order valence-corrected chi connectivity index (χ0v) is 21.8. The van der Waals surface area contributed by atoms with Crippen LogP contribution in [0.1, 0.15) is 51.7 Å². The van der Waals surface area contributed by atoms with E-state index in [4.69, 9.17) is 17.7 Å². The quantitative estimate of drug-likeness (QED) is 0.260. The third-order valence-electron chi connectivity index (χ3n) is 5.23. The highest BCUT2D eigenvalue weighted by molar-refractivity contribution is 6.66. The van der Waals surface area contributed by atoms with E-state index >= 15 is 0 Å². The van der Waals surface area contributed by atoms with Gasteiger partial charge in [-0.25, -0.2) is 0 Å². The van der Waals surface area contributed by atoms with Gasteiger partial charge in [-0.15, -0.1) is 0 Å². The van der Waals surface area contributed by atoms with Crippen LogP contribution in [0.2, 0.25) is 25.2 Å².